The average molecular weight is 437 g/mol. The van der Waals surface area contributed by atoms with Gasteiger partial charge in [-0.3, -0.25) is 29.9 Å². The number of ketones is 1. The Balaban J connectivity index is 1.94. The molecule has 1 aliphatic carbocycles. The number of anilines is 1. The van der Waals surface area contributed by atoms with Crippen molar-refractivity contribution in [3.63, 3.8) is 0 Å². The van der Waals surface area contributed by atoms with Gasteiger partial charge in [-0.2, -0.15) is 5.26 Å². The van der Waals surface area contributed by atoms with E-state index in [4.69, 9.17) is 5.73 Å². The van der Waals surface area contributed by atoms with Crippen molar-refractivity contribution >= 4 is 33.5 Å². The van der Waals surface area contributed by atoms with Gasteiger partial charge >= 0.3 is 5.00 Å². The fourth-order valence-electron chi connectivity index (χ4n) is 4.01. The number of nitrogens with two attached hydrogens (primary N) is 1. The topological polar surface area (TPSA) is 156 Å². The van der Waals surface area contributed by atoms with Crippen molar-refractivity contribution in [2.45, 2.75) is 25.2 Å². The molecule has 11 heteroatoms. The van der Waals surface area contributed by atoms with Crippen molar-refractivity contribution in [1.29, 1.82) is 5.26 Å². The summed E-state index contributed by atoms with van der Waals surface area (Å²) >= 11 is 0.896. The Morgan fingerprint density at radius 3 is 2.58 bits per heavy atom. The Labute approximate surface area is 179 Å². The molecular weight excluding hydrogens is 422 g/mol. The molecule has 156 valence electrons. The molecule has 0 radical (unpaired) electrons. The molecule has 0 amide bonds. The molecule has 0 saturated heterocycles. The summed E-state index contributed by atoms with van der Waals surface area (Å²) in [7, 11) is 0. The van der Waals surface area contributed by atoms with Crippen LogP contribution in [0.4, 0.5) is 16.4 Å². The molecule has 31 heavy (non-hydrogen) atoms. The number of rotatable bonds is 4. The van der Waals surface area contributed by atoms with E-state index in [1.54, 1.807) is 6.07 Å². The van der Waals surface area contributed by atoms with Gasteiger partial charge in [0.2, 0.25) is 0 Å². The number of thiophene rings is 1. The van der Waals surface area contributed by atoms with Crippen LogP contribution in [0, 0.1) is 31.6 Å². The van der Waals surface area contributed by atoms with Crippen molar-refractivity contribution in [3.8, 4) is 6.07 Å². The van der Waals surface area contributed by atoms with Crippen molar-refractivity contribution in [2.75, 3.05) is 4.90 Å². The summed E-state index contributed by atoms with van der Waals surface area (Å²) in [5.41, 5.74) is 7.61. The SMILES string of the molecule is N#CC1=C(N)N(c2cccc([N+](=O)[O-])c2)C2=C(C(=O)CCC2)[C@H]1c1ccc([N+](=O)[O-])s1. The molecule has 1 aromatic heterocycles. The zero-order valence-electron chi connectivity index (χ0n) is 16.0. The van der Waals surface area contributed by atoms with E-state index >= 15 is 0 Å². The lowest BCUT2D eigenvalue weighted by Gasteiger charge is -2.39. The minimum Gasteiger partial charge on any atom is -0.384 e. The van der Waals surface area contributed by atoms with Crippen LogP contribution in [0.2, 0.25) is 0 Å². The van der Waals surface area contributed by atoms with E-state index in [0.717, 1.165) is 11.3 Å². The summed E-state index contributed by atoms with van der Waals surface area (Å²) in [6.07, 6.45) is 1.33. The molecule has 1 aromatic carbocycles. The van der Waals surface area contributed by atoms with Crippen LogP contribution in [-0.2, 0) is 4.79 Å². The third-order valence-electron chi connectivity index (χ3n) is 5.29. The summed E-state index contributed by atoms with van der Waals surface area (Å²) in [6, 6.07) is 10.7. The molecule has 1 aliphatic heterocycles. The summed E-state index contributed by atoms with van der Waals surface area (Å²) in [5, 5.41) is 32.2. The maximum Gasteiger partial charge on any atom is 0.324 e. The van der Waals surface area contributed by atoms with Gasteiger partial charge in [0, 0.05) is 40.8 Å². The van der Waals surface area contributed by atoms with Gasteiger partial charge in [0.25, 0.3) is 5.69 Å². The van der Waals surface area contributed by atoms with Crippen LogP contribution in [0.1, 0.15) is 30.1 Å². The zero-order valence-corrected chi connectivity index (χ0v) is 16.8. The number of nitriles is 1. The fraction of sp³-hybridized carbons (Fsp3) is 0.200. The third-order valence-corrected chi connectivity index (χ3v) is 6.39. The first-order valence-corrected chi connectivity index (χ1v) is 10.1. The number of Topliss-reactive ketones (excluding diaryl/α,β-unsaturated/α-hetero) is 1. The second-order valence-electron chi connectivity index (χ2n) is 7.03. The van der Waals surface area contributed by atoms with Crippen molar-refractivity contribution in [2.24, 2.45) is 5.73 Å². The number of hydrogen-bond acceptors (Lipinski definition) is 9. The Kier molecular flexibility index (Phi) is 5.00. The second-order valence-corrected chi connectivity index (χ2v) is 8.12. The minimum atomic E-state index is -0.804. The number of non-ortho nitro benzene ring substituents is 1. The number of nitrogens with zero attached hydrogens (tertiary/aromatic N) is 4. The van der Waals surface area contributed by atoms with Crippen molar-refractivity contribution < 1.29 is 14.6 Å². The van der Waals surface area contributed by atoms with E-state index in [1.165, 1.54) is 35.2 Å². The first-order chi connectivity index (χ1) is 14.8. The minimum absolute atomic E-state index is 0.0532. The number of allylic oxidation sites excluding steroid dienone is 3. The van der Waals surface area contributed by atoms with E-state index in [-0.39, 0.29) is 34.3 Å². The smallest absolute Gasteiger partial charge is 0.324 e. The molecule has 1 atom stereocenters. The highest BCUT2D eigenvalue weighted by atomic mass is 32.1. The van der Waals surface area contributed by atoms with Gasteiger partial charge in [-0.05, 0) is 25.0 Å². The Morgan fingerprint density at radius 1 is 1.16 bits per heavy atom. The lowest BCUT2D eigenvalue weighted by atomic mass is 9.78. The summed E-state index contributed by atoms with van der Waals surface area (Å²) in [4.78, 5) is 36.3. The molecule has 0 fully saturated rings. The predicted octanol–water partition coefficient (Wildman–Crippen LogP) is 3.87. The van der Waals surface area contributed by atoms with Crippen molar-refractivity contribution in [3.05, 3.63) is 84.2 Å². The molecular formula is C20H15N5O5S. The number of benzene rings is 1. The average Bonchev–Trinajstić information content (AvgIpc) is 3.23. The maximum atomic E-state index is 13.0. The lowest BCUT2D eigenvalue weighted by Crippen LogP contribution is -2.38. The second kappa shape index (κ2) is 7.66. The van der Waals surface area contributed by atoms with E-state index in [1.807, 2.05) is 0 Å². The molecule has 0 unspecified atom stereocenters. The first kappa shape index (κ1) is 20.2. The molecule has 2 heterocycles. The Bertz CT molecular complexity index is 1240. The van der Waals surface area contributed by atoms with Gasteiger partial charge in [-0.15, -0.1) is 0 Å². The number of carbonyl (C=O) groups is 1. The fourth-order valence-corrected chi connectivity index (χ4v) is 4.95. The highest BCUT2D eigenvalue weighted by molar-refractivity contribution is 7.15. The molecule has 2 aliphatic rings. The molecule has 0 spiro atoms. The van der Waals surface area contributed by atoms with Gasteiger partial charge in [0.15, 0.2) is 5.78 Å². The van der Waals surface area contributed by atoms with Crippen LogP contribution in [0.15, 0.2) is 59.1 Å². The van der Waals surface area contributed by atoms with Crippen LogP contribution < -0.4 is 10.6 Å². The largest absolute Gasteiger partial charge is 0.384 e. The molecule has 10 nitrogen and oxygen atoms in total. The normalized spacial score (nSPS) is 18.6. The number of nitro groups is 2. The number of carbonyl (C=O) groups excluding carboxylic acids is 1. The van der Waals surface area contributed by atoms with E-state index in [0.29, 0.717) is 34.7 Å². The Hall–Kier alpha value is -4.04. The van der Waals surface area contributed by atoms with Crippen molar-refractivity contribution in [1.82, 2.24) is 0 Å². The monoisotopic (exact) mass is 437 g/mol. The molecule has 4 rings (SSSR count). The highest BCUT2D eigenvalue weighted by Gasteiger charge is 2.41. The van der Waals surface area contributed by atoms with Crippen LogP contribution in [0.3, 0.4) is 0 Å². The van der Waals surface area contributed by atoms with Crippen LogP contribution in [0.5, 0.6) is 0 Å². The zero-order chi connectivity index (χ0) is 22.3. The first-order valence-electron chi connectivity index (χ1n) is 9.28. The van der Waals surface area contributed by atoms with Gasteiger partial charge in [0.1, 0.15) is 5.82 Å². The predicted molar refractivity (Wildman–Crippen MR) is 112 cm³/mol. The summed E-state index contributed by atoms with van der Waals surface area (Å²) in [6.45, 7) is 0. The number of hydrogen-bond donors (Lipinski definition) is 1. The highest BCUT2D eigenvalue weighted by Crippen LogP contribution is 2.48. The molecule has 0 bridgehead atoms. The standard InChI is InChI=1S/C20H15N5O5S/c21-10-13-18(16-7-8-17(31-16)25(29)30)19-14(5-2-6-15(19)26)23(20(13)22)11-3-1-4-12(9-11)24(27)28/h1,3-4,7-9,18H,2,5-6,22H2/t18-/m1/s1. The summed E-state index contributed by atoms with van der Waals surface area (Å²) < 4.78 is 0. The van der Waals surface area contributed by atoms with Crippen LogP contribution in [0.25, 0.3) is 0 Å². The molecule has 2 aromatic rings. The Morgan fingerprint density at radius 2 is 1.94 bits per heavy atom. The molecule has 0 saturated carbocycles. The lowest BCUT2D eigenvalue weighted by molar-refractivity contribution is -0.384. The van der Waals surface area contributed by atoms with Gasteiger partial charge in [-0.25, -0.2) is 0 Å². The van der Waals surface area contributed by atoms with E-state index < -0.39 is 15.8 Å². The number of nitro benzene ring substituents is 1. The van der Waals surface area contributed by atoms with Gasteiger partial charge in [0.05, 0.1) is 33.1 Å². The van der Waals surface area contributed by atoms with Crippen LogP contribution in [-0.4, -0.2) is 15.6 Å². The van der Waals surface area contributed by atoms with Crippen LogP contribution >= 0.6 is 11.3 Å². The van der Waals surface area contributed by atoms with E-state index in [2.05, 4.69) is 6.07 Å². The maximum absolute atomic E-state index is 13.0. The summed E-state index contributed by atoms with van der Waals surface area (Å²) in [5.74, 6) is -0.920. The van der Waals surface area contributed by atoms with E-state index in [9.17, 15) is 30.3 Å². The third kappa shape index (κ3) is 3.32. The quantitative estimate of drug-likeness (QED) is 0.558. The van der Waals surface area contributed by atoms with Gasteiger partial charge in [-0.1, -0.05) is 17.4 Å². The van der Waals surface area contributed by atoms with Gasteiger partial charge < -0.3 is 5.73 Å². The molecule has 2 N–H and O–H groups in total.